The van der Waals surface area contributed by atoms with Crippen molar-refractivity contribution in [3.8, 4) is 0 Å². The number of hydrogen-bond acceptors (Lipinski definition) is 5. The lowest BCUT2D eigenvalue weighted by molar-refractivity contribution is 0.610. The number of nitrogens with zero attached hydrogens (tertiary/aromatic N) is 3. The first-order valence-corrected chi connectivity index (χ1v) is 8.26. The Balaban J connectivity index is 1.47. The van der Waals surface area contributed by atoms with Crippen LogP contribution in [0.1, 0.15) is 11.1 Å². The van der Waals surface area contributed by atoms with Gasteiger partial charge in [-0.15, -0.1) is 5.10 Å². The molecule has 3 aromatic rings. The van der Waals surface area contributed by atoms with Crippen LogP contribution < -0.4 is 10.6 Å². The molecule has 0 saturated heterocycles. The van der Waals surface area contributed by atoms with Gasteiger partial charge in [-0.1, -0.05) is 48.5 Å². The number of hydrogen-bond donors (Lipinski definition) is 2. The van der Waals surface area contributed by atoms with E-state index < -0.39 is 0 Å². The van der Waals surface area contributed by atoms with E-state index in [9.17, 15) is 4.39 Å². The van der Waals surface area contributed by atoms with Crippen LogP contribution in [0.15, 0.2) is 60.8 Å². The van der Waals surface area contributed by atoms with E-state index in [-0.39, 0.29) is 5.82 Å². The van der Waals surface area contributed by atoms with E-state index in [2.05, 4.69) is 37.9 Å². The predicted molar refractivity (Wildman–Crippen MR) is 97.1 cm³/mol. The molecule has 2 N–H and O–H groups in total. The molecule has 1 aromatic heterocycles. The molecule has 0 aliphatic carbocycles. The Hall–Kier alpha value is -3.02. The monoisotopic (exact) mass is 337 g/mol. The normalized spacial score (nSPS) is 10.4. The van der Waals surface area contributed by atoms with Crippen LogP contribution in [0.3, 0.4) is 0 Å². The summed E-state index contributed by atoms with van der Waals surface area (Å²) in [7, 11) is 0. The summed E-state index contributed by atoms with van der Waals surface area (Å²) >= 11 is 0. The molecule has 0 aliphatic heterocycles. The van der Waals surface area contributed by atoms with Gasteiger partial charge in [-0.2, -0.15) is 10.1 Å². The van der Waals surface area contributed by atoms with Crippen molar-refractivity contribution < 1.29 is 4.39 Å². The molecule has 0 aliphatic rings. The molecule has 0 bridgehead atoms. The van der Waals surface area contributed by atoms with Crippen molar-refractivity contribution in [3.05, 3.63) is 77.7 Å². The molecule has 0 atom stereocenters. The van der Waals surface area contributed by atoms with E-state index in [1.807, 2.05) is 24.3 Å². The Morgan fingerprint density at radius 2 is 1.60 bits per heavy atom. The Morgan fingerprint density at radius 3 is 2.44 bits per heavy atom. The van der Waals surface area contributed by atoms with Crippen LogP contribution in [-0.4, -0.2) is 28.3 Å². The summed E-state index contributed by atoms with van der Waals surface area (Å²) in [6.07, 6.45) is 3.02. The van der Waals surface area contributed by atoms with Gasteiger partial charge in [0.2, 0.25) is 5.95 Å². The summed E-state index contributed by atoms with van der Waals surface area (Å²) < 4.78 is 13.6. The molecule has 0 spiro atoms. The SMILES string of the molecule is Fc1ccccc1CCNc1cnnc(NCCc2ccccc2)n1. The van der Waals surface area contributed by atoms with Crippen LogP contribution >= 0.6 is 0 Å². The number of anilines is 2. The highest BCUT2D eigenvalue weighted by Crippen LogP contribution is 2.09. The van der Waals surface area contributed by atoms with Crippen LogP contribution in [0, 0.1) is 5.82 Å². The van der Waals surface area contributed by atoms with Gasteiger partial charge in [0.15, 0.2) is 5.82 Å². The van der Waals surface area contributed by atoms with Crippen LogP contribution in [0.2, 0.25) is 0 Å². The average molecular weight is 337 g/mol. The summed E-state index contributed by atoms with van der Waals surface area (Å²) in [5.74, 6) is 0.911. The van der Waals surface area contributed by atoms with E-state index >= 15 is 0 Å². The average Bonchev–Trinajstić information content (AvgIpc) is 2.65. The van der Waals surface area contributed by atoms with Crippen LogP contribution in [0.25, 0.3) is 0 Å². The Labute approximate surface area is 146 Å². The van der Waals surface area contributed by atoms with Crippen molar-refractivity contribution in [3.63, 3.8) is 0 Å². The first kappa shape index (κ1) is 16.8. The molecular formula is C19H20FN5. The number of halogens is 1. The molecule has 25 heavy (non-hydrogen) atoms. The number of nitrogens with one attached hydrogen (secondary N) is 2. The third kappa shape index (κ3) is 5.24. The molecule has 0 saturated carbocycles. The van der Waals surface area contributed by atoms with Gasteiger partial charge in [0, 0.05) is 13.1 Å². The van der Waals surface area contributed by atoms with Gasteiger partial charge in [-0.05, 0) is 30.0 Å². The van der Waals surface area contributed by atoms with E-state index in [4.69, 9.17) is 0 Å². The molecule has 0 unspecified atom stereocenters. The van der Waals surface area contributed by atoms with Gasteiger partial charge in [0.1, 0.15) is 5.82 Å². The third-order valence-electron chi connectivity index (χ3n) is 3.76. The highest BCUT2D eigenvalue weighted by molar-refractivity contribution is 5.37. The second-order valence-electron chi connectivity index (χ2n) is 5.60. The highest BCUT2D eigenvalue weighted by Gasteiger charge is 2.03. The number of aromatic nitrogens is 3. The van der Waals surface area contributed by atoms with E-state index in [0.717, 1.165) is 13.0 Å². The lowest BCUT2D eigenvalue weighted by atomic mass is 10.1. The summed E-state index contributed by atoms with van der Waals surface area (Å²) in [5, 5.41) is 14.2. The molecule has 5 nitrogen and oxygen atoms in total. The van der Waals surface area contributed by atoms with Crippen molar-refractivity contribution in [2.24, 2.45) is 0 Å². The first-order valence-electron chi connectivity index (χ1n) is 8.26. The summed E-state index contributed by atoms with van der Waals surface area (Å²) in [5.41, 5.74) is 1.93. The largest absolute Gasteiger partial charge is 0.368 e. The standard InChI is InChI=1S/C19H20FN5/c20-17-9-5-4-8-16(17)11-13-21-18-14-23-25-19(24-18)22-12-10-15-6-2-1-3-7-15/h1-9,14H,10-13H2,(H2,21,22,24,25). The lowest BCUT2D eigenvalue weighted by Crippen LogP contribution is -2.12. The summed E-state index contributed by atoms with van der Waals surface area (Å²) in [4.78, 5) is 4.37. The Bertz CT molecular complexity index is 795. The minimum Gasteiger partial charge on any atom is -0.368 e. The fourth-order valence-corrected chi connectivity index (χ4v) is 2.45. The van der Waals surface area contributed by atoms with E-state index in [1.165, 1.54) is 11.6 Å². The maximum absolute atomic E-state index is 13.6. The fourth-order valence-electron chi connectivity index (χ4n) is 2.45. The second kappa shape index (κ2) is 8.73. The van der Waals surface area contributed by atoms with Gasteiger partial charge in [-0.3, -0.25) is 0 Å². The van der Waals surface area contributed by atoms with Crippen LogP contribution in [0.4, 0.5) is 16.2 Å². The summed E-state index contributed by atoms with van der Waals surface area (Å²) in [6.45, 7) is 1.30. The highest BCUT2D eigenvalue weighted by atomic mass is 19.1. The molecule has 6 heteroatoms. The quantitative estimate of drug-likeness (QED) is 0.660. The minimum absolute atomic E-state index is 0.187. The maximum Gasteiger partial charge on any atom is 0.244 e. The van der Waals surface area contributed by atoms with Gasteiger partial charge >= 0.3 is 0 Å². The summed E-state index contributed by atoms with van der Waals surface area (Å²) in [6, 6.07) is 17.0. The predicted octanol–water partition coefficient (Wildman–Crippen LogP) is 3.32. The zero-order chi connectivity index (χ0) is 17.3. The van der Waals surface area contributed by atoms with E-state index in [0.29, 0.717) is 30.3 Å². The minimum atomic E-state index is -0.187. The van der Waals surface area contributed by atoms with Crippen LogP contribution in [-0.2, 0) is 12.8 Å². The molecule has 0 amide bonds. The lowest BCUT2D eigenvalue weighted by Gasteiger charge is -2.08. The van der Waals surface area contributed by atoms with Crippen LogP contribution in [0.5, 0.6) is 0 Å². The van der Waals surface area contributed by atoms with Crippen molar-refractivity contribution in [2.75, 3.05) is 23.7 Å². The van der Waals surface area contributed by atoms with Crippen molar-refractivity contribution in [2.45, 2.75) is 12.8 Å². The Kier molecular flexibility index (Phi) is 5.87. The number of rotatable bonds is 8. The van der Waals surface area contributed by atoms with Gasteiger partial charge in [-0.25, -0.2) is 4.39 Å². The zero-order valence-corrected chi connectivity index (χ0v) is 13.8. The first-order chi connectivity index (χ1) is 12.3. The second-order valence-corrected chi connectivity index (χ2v) is 5.60. The van der Waals surface area contributed by atoms with Crippen molar-refractivity contribution in [1.82, 2.24) is 15.2 Å². The van der Waals surface area contributed by atoms with Crippen molar-refractivity contribution in [1.29, 1.82) is 0 Å². The fraction of sp³-hybridized carbons (Fsp3) is 0.211. The molecule has 2 aromatic carbocycles. The molecule has 3 rings (SSSR count). The molecular weight excluding hydrogens is 317 g/mol. The molecule has 128 valence electrons. The van der Waals surface area contributed by atoms with Gasteiger partial charge in [0.05, 0.1) is 6.20 Å². The molecule has 0 fully saturated rings. The Morgan fingerprint density at radius 1 is 0.840 bits per heavy atom. The maximum atomic E-state index is 13.6. The van der Waals surface area contributed by atoms with Gasteiger partial charge in [0.25, 0.3) is 0 Å². The molecule has 1 heterocycles. The zero-order valence-electron chi connectivity index (χ0n) is 13.8. The molecule has 0 radical (unpaired) electrons. The number of benzene rings is 2. The third-order valence-corrected chi connectivity index (χ3v) is 3.76. The van der Waals surface area contributed by atoms with Crippen molar-refractivity contribution >= 4 is 11.8 Å². The van der Waals surface area contributed by atoms with E-state index in [1.54, 1.807) is 18.3 Å². The van der Waals surface area contributed by atoms with Gasteiger partial charge < -0.3 is 10.6 Å². The topological polar surface area (TPSA) is 62.7 Å². The smallest absolute Gasteiger partial charge is 0.244 e.